The van der Waals surface area contributed by atoms with Gasteiger partial charge in [-0.3, -0.25) is 0 Å². The molecule has 0 bridgehead atoms. The number of carbonyl (C=O) groups excluding carboxylic acids is 1. The number of carboxylic acids is 1. The molecule has 1 heterocycles. The largest absolute Gasteiger partial charge is 0.480 e. The number of carbonyl (C=O) groups is 2. The fourth-order valence-corrected chi connectivity index (χ4v) is 2.23. The van der Waals surface area contributed by atoms with E-state index in [1.165, 1.54) is 0 Å². The minimum absolute atomic E-state index is 0.104. The van der Waals surface area contributed by atoms with Crippen molar-refractivity contribution in [1.29, 1.82) is 0 Å². The highest BCUT2D eigenvalue weighted by atomic mass is 16.4. The van der Waals surface area contributed by atoms with Gasteiger partial charge >= 0.3 is 12.0 Å². The predicted molar refractivity (Wildman–Crippen MR) is 61.7 cm³/mol. The molecule has 0 saturated carbocycles. The Labute approximate surface area is 101 Å². The van der Waals surface area contributed by atoms with Crippen LogP contribution in [0.25, 0.3) is 0 Å². The second kappa shape index (κ2) is 5.86. The number of carboxylic acid groups (broad SMARTS) is 1. The number of likely N-dealkylation sites (tertiary alicyclic amines) is 1. The number of urea groups is 1. The molecular weight excluding hydrogens is 224 g/mol. The molecule has 1 fully saturated rings. The molecule has 6 nitrogen and oxygen atoms in total. The molecule has 1 rings (SSSR count). The first kappa shape index (κ1) is 13.8. The van der Waals surface area contributed by atoms with E-state index in [1.54, 1.807) is 4.90 Å². The van der Waals surface area contributed by atoms with Crippen LogP contribution in [0.2, 0.25) is 0 Å². The van der Waals surface area contributed by atoms with E-state index in [2.05, 4.69) is 5.32 Å². The minimum Gasteiger partial charge on any atom is -0.480 e. The van der Waals surface area contributed by atoms with Gasteiger partial charge in [0.15, 0.2) is 6.04 Å². The van der Waals surface area contributed by atoms with Gasteiger partial charge in [-0.1, -0.05) is 0 Å². The summed E-state index contributed by atoms with van der Waals surface area (Å²) in [6, 6.07) is -1.44. The molecule has 1 aliphatic rings. The molecule has 98 valence electrons. The number of aliphatic hydroxyl groups excluding tert-OH is 1. The maximum Gasteiger partial charge on any atom is 0.328 e. The topological polar surface area (TPSA) is 89.9 Å². The summed E-state index contributed by atoms with van der Waals surface area (Å²) in [6.45, 7) is 3.30. The Morgan fingerprint density at radius 3 is 2.29 bits per heavy atom. The molecule has 17 heavy (non-hydrogen) atoms. The Bertz CT molecular complexity index is 285. The zero-order chi connectivity index (χ0) is 13.0. The molecule has 0 aromatic rings. The molecule has 0 aromatic carbocycles. The van der Waals surface area contributed by atoms with Crippen LogP contribution < -0.4 is 5.32 Å². The smallest absolute Gasteiger partial charge is 0.328 e. The predicted octanol–water partition coefficient (Wildman–Crippen LogP) is 0.404. The highest BCUT2D eigenvalue weighted by Crippen LogP contribution is 2.22. The third-order valence-corrected chi connectivity index (χ3v) is 3.21. The number of nitrogens with zero attached hydrogens (tertiary/aromatic N) is 1. The lowest BCUT2D eigenvalue weighted by atomic mass is 9.98. The van der Waals surface area contributed by atoms with E-state index in [0.717, 1.165) is 19.3 Å². The molecule has 0 spiro atoms. The molecule has 0 aliphatic carbocycles. The fourth-order valence-electron chi connectivity index (χ4n) is 2.23. The number of nitrogens with one attached hydrogen (secondary N) is 1. The molecule has 2 amide bonds. The second-order valence-electron chi connectivity index (χ2n) is 4.56. The summed E-state index contributed by atoms with van der Waals surface area (Å²) < 4.78 is 0. The summed E-state index contributed by atoms with van der Waals surface area (Å²) in [6.07, 6.45) is 2.93. The van der Waals surface area contributed by atoms with Crippen LogP contribution in [0.4, 0.5) is 4.79 Å². The zero-order valence-corrected chi connectivity index (χ0v) is 10.2. The number of amides is 2. The Balaban J connectivity index is 2.64. The van der Waals surface area contributed by atoms with E-state index in [1.807, 2.05) is 13.8 Å². The van der Waals surface area contributed by atoms with Crippen molar-refractivity contribution in [2.24, 2.45) is 0 Å². The van der Waals surface area contributed by atoms with Crippen molar-refractivity contribution in [3.8, 4) is 0 Å². The lowest BCUT2D eigenvalue weighted by Gasteiger charge is -2.39. The number of hydrogen-bond acceptors (Lipinski definition) is 3. The molecule has 3 atom stereocenters. The van der Waals surface area contributed by atoms with E-state index in [4.69, 9.17) is 10.2 Å². The van der Waals surface area contributed by atoms with Gasteiger partial charge in [-0.25, -0.2) is 9.59 Å². The molecule has 0 aromatic heterocycles. The summed E-state index contributed by atoms with van der Waals surface area (Å²) in [5.74, 6) is -1.22. The summed E-state index contributed by atoms with van der Waals surface area (Å²) in [4.78, 5) is 24.3. The van der Waals surface area contributed by atoms with Crippen LogP contribution in [0.1, 0.15) is 33.1 Å². The molecule has 0 radical (unpaired) electrons. The van der Waals surface area contributed by atoms with Crippen LogP contribution >= 0.6 is 0 Å². The number of piperidine rings is 1. The molecule has 1 saturated heterocycles. The van der Waals surface area contributed by atoms with Gasteiger partial charge in [-0.05, 0) is 33.1 Å². The first-order valence-electron chi connectivity index (χ1n) is 5.89. The van der Waals surface area contributed by atoms with E-state index in [-0.39, 0.29) is 12.1 Å². The Morgan fingerprint density at radius 1 is 1.35 bits per heavy atom. The van der Waals surface area contributed by atoms with Gasteiger partial charge in [0.2, 0.25) is 0 Å². The molecule has 3 unspecified atom stereocenters. The van der Waals surface area contributed by atoms with Crippen LogP contribution in [0, 0.1) is 0 Å². The normalized spacial score (nSPS) is 26.4. The maximum absolute atomic E-state index is 11.9. The van der Waals surface area contributed by atoms with Gasteiger partial charge in [0.1, 0.15) is 0 Å². The molecule has 1 aliphatic heterocycles. The Kier molecular flexibility index (Phi) is 4.74. The summed E-state index contributed by atoms with van der Waals surface area (Å²) in [7, 11) is 0. The van der Waals surface area contributed by atoms with Gasteiger partial charge in [0, 0.05) is 12.1 Å². The van der Waals surface area contributed by atoms with Gasteiger partial charge in [-0.15, -0.1) is 0 Å². The lowest BCUT2D eigenvalue weighted by molar-refractivity contribution is -0.140. The fraction of sp³-hybridized carbons (Fsp3) is 0.818. The van der Waals surface area contributed by atoms with Gasteiger partial charge in [-0.2, -0.15) is 0 Å². The van der Waals surface area contributed by atoms with Crippen LogP contribution in [0.5, 0.6) is 0 Å². The van der Waals surface area contributed by atoms with Crippen molar-refractivity contribution in [3.63, 3.8) is 0 Å². The number of aliphatic carboxylic acids is 1. The number of hydrogen-bond donors (Lipinski definition) is 3. The van der Waals surface area contributed by atoms with Crippen LogP contribution in [0.15, 0.2) is 0 Å². The first-order valence-corrected chi connectivity index (χ1v) is 5.89. The second-order valence-corrected chi connectivity index (χ2v) is 4.56. The first-order chi connectivity index (χ1) is 7.97. The summed E-state index contributed by atoms with van der Waals surface area (Å²) in [5, 5.41) is 20.0. The summed E-state index contributed by atoms with van der Waals surface area (Å²) >= 11 is 0. The molecule has 6 heteroatoms. The third kappa shape index (κ3) is 3.33. The monoisotopic (exact) mass is 244 g/mol. The highest BCUT2D eigenvalue weighted by molar-refractivity contribution is 5.83. The summed E-state index contributed by atoms with van der Waals surface area (Å²) in [5.41, 5.74) is 0. The van der Waals surface area contributed by atoms with E-state index < -0.39 is 24.6 Å². The van der Waals surface area contributed by atoms with Crippen LogP contribution in [-0.4, -0.2) is 51.8 Å². The van der Waals surface area contributed by atoms with Gasteiger partial charge in [0.25, 0.3) is 0 Å². The van der Waals surface area contributed by atoms with Gasteiger partial charge in [0.05, 0.1) is 6.61 Å². The van der Waals surface area contributed by atoms with Crippen molar-refractivity contribution < 1.29 is 19.8 Å². The molecule has 3 N–H and O–H groups in total. The Morgan fingerprint density at radius 2 is 1.88 bits per heavy atom. The van der Waals surface area contributed by atoms with E-state index in [9.17, 15) is 9.59 Å². The van der Waals surface area contributed by atoms with Crippen molar-refractivity contribution in [1.82, 2.24) is 10.2 Å². The zero-order valence-electron chi connectivity index (χ0n) is 10.2. The van der Waals surface area contributed by atoms with E-state index in [0.29, 0.717) is 0 Å². The molecular formula is C11H20N2O4. The lowest BCUT2D eigenvalue weighted by Crippen LogP contribution is -2.56. The minimum atomic E-state index is -1.23. The SMILES string of the molecule is CC1CCCC(C)N1C(=O)NC(CO)C(=O)O. The number of aliphatic hydroxyl groups is 1. The van der Waals surface area contributed by atoms with Crippen LogP contribution in [-0.2, 0) is 4.79 Å². The average molecular weight is 244 g/mol. The average Bonchev–Trinajstić information content (AvgIpc) is 2.25. The third-order valence-electron chi connectivity index (χ3n) is 3.21. The quantitative estimate of drug-likeness (QED) is 0.670. The van der Waals surface area contributed by atoms with Crippen molar-refractivity contribution in [2.75, 3.05) is 6.61 Å². The van der Waals surface area contributed by atoms with Gasteiger partial charge < -0.3 is 20.4 Å². The highest BCUT2D eigenvalue weighted by Gasteiger charge is 2.31. The van der Waals surface area contributed by atoms with Crippen molar-refractivity contribution >= 4 is 12.0 Å². The Hall–Kier alpha value is -1.30. The standard InChI is InChI=1S/C11H20N2O4/c1-7-4-3-5-8(2)13(7)11(17)12-9(6-14)10(15)16/h7-9,14H,3-6H2,1-2H3,(H,12,17)(H,15,16). The van der Waals surface area contributed by atoms with Crippen molar-refractivity contribution in [2.45, 2.75) is 51.2 Å². The van der Waals surface area contributed by atoms with Crippen molar-refractivity contribution in [3.05, 3.63) is 0 Å². The van der Waals surface area contributed by atoms with E-state index >= 15 is 0 Å². The maximum atomic E-state index is 11.9. The number of rotatable bonds is 3. The van der Waals surface area contributed by atoms with Crippen LogP contribution in [0.3, 0.4) is 0 Å².